The molecule has 0 N–H and O–H groups in total. The van der Waals surface area contributed by atoms with Gasteiger partial charge in [0, 0.05) is 26.0 Å². The van der Waals surface area contributed by atoms with Crippen molar-refractivity contribution in [3.63, 3.8) is 0 Å². The minimum absolute atomic E-state index is 0.229. The van der Waals surface area contributed by atoms with E-state index in [1.165, 1.54) is 6.07 Å². The van der Waals surface area contributed by atoms with E-state index in [-0.39, 0.29) is 18.2 Å². The molecule has 0 spiro atoms. The van der Waals surface area contributed by atoms with E-state index in [4.69, 9.17) is 16.3 Å². The Morgan fingerprint density at radius 3 is 2.63 bits per heavy atom. The van der Waals surface area contributed by atoms with Crippen molar-refractivity contribution < 1.29 is 9.13 Å². The fourth-order valence-corrected chi connectivity index (χ4v) is 2.78. The highest BCUT2D eigenvalue weighted by Crippen LogP contribution is 2.27. The Morgan fingerprint density at radius 2 is 1.95 bits per heavy atom. The van der Waals surface area contributed by atoms with Crippen LogP contribution >= 0.6 is 43.5 Å². The number of ether oxygens (including phenoxy) is 1. The van der Waals surface area contributed by atoms with Crippen LogP contribution in [0.1, 0.15) is 11.1 Å². The summed E-state index contributed by atoms with van der Waals surface area (Å²) < 4.78 is 20.2. The standard InChI is InChI=1S/C14H10Br2ClFO/c15-7-9-2-1-3-13(18)14(9)19-8-10-4-5-11(16)6-12(10)17/h1-6H,7-8H2. The monoisotopic (exact) mass is 406 g/mol. The van der Waals surface area contributed by atoms with Crippen molar-refractivity contribution in [2.24, 2.45) is 0 Å². The number of hydrogen-bond acceptors (Lipinski definition) is 1. The first kappa shape index (κ1) is 14.8. The molecule has 0 aliphatic carbocycles. The van der Waals surface area contributed by atoms with Gasteiger partial charge < -0.3 is 4.74 Å². The molecule has 1 nitrogen and oxygen atoms in total. The summed E-state index contributed by atoms with van der Waals surface area (Å²) in [6.45, 7) is 0.229. The second-order valence-corrected chi connectivity index (χ2v) is 5.77. The summed E-state index contributed by atoms with van der Waals surface area (Å²) in [5, 5.41) is 1.12. The largest absolute Gasteiger partial charge is 0.485 e. The SMILES string of the molecule is Fc1cccc(CBr)c1OCc1ccc(Br)cc1Cl. The van der Waals surface area contributed by atoms with Gasteiger partial charge in [-0.1, -0.05) is 61.7 Å². The van der Waals surface area contributed by atoms with E-state index in [2.05, 4.69) is 31.9 Å². The molecular formula is C14H10Br2ClFO. The zero-order valence-electron chi connectivity index (χ0n) is 9.80. The highest BCUT2D eigenvalue weighted by atomic mass is 79.9. The fourth-order valence-electron chi connectivity index (χ4n) is 1.61. The van der Waals surface area contributed by atoms with Crippen molar-refractivity contribution in [2.75, 3.05) is 0 Å². The highest BCUT2D eigenvalue weighted by molar-refractivity contribution is 9.10. The van der Waals surface area contributed by atoms with Crippen molar-refractivity contribution in [3.8, 4) is 5.75 Å². The molecule has 0 fully saturated rings. The number of hydrogen-bond donors (Lipinski definition) is 0. The first-order valence-corrected chi connectivity index (χ1v) is 7.81. The Morgan fingerprint density at radius 1 is 1.16 bits per heavy atom. The smallest absolute Gasteiger partial charge is 0.165 e. The Bertz CT molecular complexity index is 590. The van der Waals surface area contributed by atoms with Gasteiger partial charge in [-0.3, -0.25) is 0 Å². The topological polar surface area (TPSA) is 9.23 Å². The number of para-hydroxylation sites is 1. The molecule has 19 heavy (non-hydrogen) atoms. The van der Waals surface area contributed by atoms with Gasteiger partial charge in [0.25, 0.3) is 0 Å². The van der Waals surface area contributed by atoms with Crippen LogP contribution in [0, 0.1) is 5.82 Å². The van der Waals surface area contributed by atoms with Gasteiger partial charge in [0.2, 0.25) is 0 Å². The fraction of sp³-hybridized carbons (Fsp3) is 0.143. The molecule has 0 heterocycles. The molecule has 0 atom stereocenters. The maximum absolute atomic E-state index is 13.7. The van der Waals surface area contributed by atoms with E-state index in [1.54, 1.807) is 12.1 Å². The zero-order chi connectivity index (χ0) is 13.8. The van der Waals surface area contributed by atoms with Gasteiger partial charge in [-0.25, -0.2) is 4.39 Å². The molecule has 0 unspecified atom stereocenters. The van der Waals surface area contributed by atoms with E-state index in [0.717, 1.165) is 15.6 Å². The molecule has 5 heteroatoms. The minimum Gasteiger partial charge on any atom is -0.485 e. The maximum atomic E-state index is 13.7. The molecule has 0 radical (unpaired) electrons. The molecule has 0 saturated heterocycles. The lowest BCUT2D eigenvalue weighted by Gasteiger charge is -2.12. The van der Waals surface area contributed by atoms with E-state index < -0.39 is 0 Å². The van der Waals surface area contributed by atoms with Crippen LogP contribution in [0.15, 0.2) is 40.9 Å². The Hall–Kier alpha value is -0.580. The lowest BCUT2D eigenvalue weighted by Crippen LogP contribution is -2.00. The number of alkyl halides is 1. The van der Waals surface area contributed by atoms with E-state index in [1.807, 2.05) is 18.2 Å². The zero-order valence-corrected chi connectivity index (χ0v) is 13.7. The van der Waals surface area contributed by atoms with Crippen LogP contribution in [-0.2, 0) is 11.9 Å². The first-order chi connectivity index (χ1) is 9.11. The van der Waals surface area contributed by atoms with E-state index >= 15 is 0 Å². The molecule has 2 aromatic rings. The van der Waals surface area contributed by atoms with Crippen molar-refractivity contribution in [1.29, 1.82) is 0 Å². The molecule has 2 aromatic carbocycles. The molecule has 0 amide bonds. The summed E-state index contributed by atoms with van der Waals surface area (Å²) in [7, 11) is 0. The van der Waals surface area contributed by atoms with Crippen LogP contribution in [0.5, 0.6) is 5.75 Å². The molecular weight excluding hydrogens is 398 g/mol. The second kappa shape index (κ2) is 6.73. The molecule has 0 saturated carbocycles. The maximum Gasteiger partial charge on any atom is 0.165 e. The second-order valence-electron chi connectivity index (χ2n) is 3.89. The van der Waals surface area contributed by atoms with Gasteiger partial charge in [-0.05, 0) is 18.2 Å². The molecule has 0 bridgehead atoms. The van der Waals surface area contributed by atoms with Gasteiger partial charge in [0.15, 0.2) is 11.6 Å². The molecule has 100 valence electrons. The summed E-state index contributed by atoms with van der Waals surface area (Å²) in [6, 6.07) is 10.4. The lowest BCUT2D eigenvalue weighted by molar-refractivity contribution is 0.288. The van der Waals surface area contributed by atoms with Crippen molar-refractivity contribution in [2.45, 2.75) is 11.9 Å². The summed E-state index contributed by atoms with van der Waals surface area (Å²) in [5.41, 5.74) is 1.59. The minimum atomic E-state index is -0.370. The van der Waals surface area contributed by atoms with Gasteiger partial charge in [0.1, 0.15) is 6.61 Å². The molecule has 0 aliphatic heterocycles. The number of halogens is 4. The van der Waals surface area contributed by atoms with Crippen LogP contribution < -0.4 is 4.74 Å². The van der Waals surface area contributed by atoms with Crippen molar-refractivity contribution in [1.82, 2.24) is 0 Å². The third kappa shape index (κ3) is 3.71. The Balaban J connectivity index is 2.19. The Labute approximate surface area is 133 Å². The number of benzene rings is 2. The van der Waals surface area contributed by atoms with Crippen LogP contribution in [-0.4, -0.2) is 0 Å². The van der Waals surface area contributed by atoms with E-state index in [0.29, 0.717) is 10.4 Å². The van der Waals surface area contributed by atoms with E-state index in [9.17, 15) is 4.39 Å². The van der Waals surface area contributed by atoms with Gasteiger partial charge in [-0.15, -0.1) is 0 Å². The van der Waals surface area contributed by atoms with Crippen molar-refractivity contribution in [3.05, 3.63) is 62.8 Å². The first-order valence-electron chi connectivity index (χ1n) is 5.52. The third-order valence-electron chi connectivity index (χ3n) is 2.58. The van der Waals surface area contributed by atoms with Crippen LogP contribution in [0.2, 0.25) is 5.02 Å². The van der Waals surface area contributed by atoms with Gasteiger partial charge in [0.05, 0.1) is 0 Å². The highest BCUT2D eigenvalue weighted by Gasteiger charge is 2.10. The summed E-state index contributed by atoms with van der Waals surface area (Å²) in [6.07, 6.45) is 0. The average molecular weight is 408 g/mol. The summed E-state index contributed by atoms with van der Waals surface area (Å²) >= 11 is 12.7. The molecule has 0 aromatic heterocycles. The third-order valence-corrected chi connectivity index (χ3v) is 4.03. The average Bonchev–Trinajstić information content (AvgIpc) is 2.39. The lowest BCUT2D eigenvalue weighted by atomic mass is 10.2. The van der Waals surface area contributed by atoms with Gasteiger partial charge in [-0.2, -0.15) is 0 Å². The quantitative estimate of drug-likeness (QED) is 0.589. The van der Waals surface area contributed by atoms with Crippen LogP contribution in [0.3, 0.4) is 0 Å². The normalized spacial score (nSPS) is 10.5. The van der Waals surface area contributed by atoms with Crippen LogP contribution in [0.25, 0.3) is 0 Å². The molecule has 0 aliphatic rings. The number of rotatable bonds is 4. The van der Waals surface area contributed by atoms with Crippen LogP contribution in [0.4, 0.5) is 4.39 Å². The predicted octanol–water partition coefficient (Wildman–Crippen LogP) is 5.72. The van der Waals surface area contributed by atoms with Crippen molar-refractivity contribution >= 4 is 43.5 Å². The Kier molecular flexibility index (Phi) is 5.25. The predicted molar refractivity (Wildman–Crippen MR) is 82.5 cm³/mol. The summed E-state index contributed by atoms with van der Waals surface area (Å²) in [5.74, 6) is -0.108. The summed E-state index contributed by atoms with van der Waals surface area (Å²) in [4.78, 5) is 0. The molecule has 2 rings (SSSR count). The van der Waals surface area contributed by atoms with Gasteiger partial charge >= 0.3 is 0 Å².